The minimum atomic E-state index is -0.788. The molecule has 1 fully saturated rings. The summed E-state index contributed by atoms with van der Waals surface area (Å²) in [6.45, 7) is 6.64. The zero-order valence-corrected chi connectivity index (χ0v) is 15.5. The summed E-state index contributed by atoms with van der Waals surface area (Å²) < 4.78 is 16.5. The Labute approximate surface area is 148 Å². The van der Waals surface area contributed by atoms with Gasteiger partial charge < -0.3 is 19.5 Å². The van der Waals surface area contributed by atoms with E-state index in [2.05, 4.69) is 5.32 Å². The third kappa shape index (κ3) is 4.62. The van der Waals surface area contributed by atoms with E-state index in [9.17, 15) is 4.79 Å². The van der Waals surface area contributed by atoms with E-state index >= 15 is 0 Å². The second-order valence-corrected chi connectivity index (χ2v) is 6.70. The van der Waals surface area contributed by atoms with Crippen LogP contribution in [0.5, 0.6) is 5.75 Å². The highest BCUT2D eigenvalue weighted by Gasteiger charge is 2.48. The Bertz CT molecular complexity index is 576. The predicted molar refractivity (Wildman–Crippen MR) is 94.8 cm³/mol. The van der Waals surface area contributed by atoms with Crippen molar-refractivity contribution in [3.8, 4) is 5.75 Å². The van der Waals surface area contributed by atoms with Crippen LogP contribution in [0.2, 0.25) is 5.02 Å². The number of carbonyl (C=O) groups excluding carboxylic acids is 1. The second kappa shape index (κ2) is 8.19. The number of benzene rings is 1. The second-order valence-electron chi connectivity index (χ2n) is 6.30. The zero-order valence-electron chi connectivity index (χ0n) is 14.7. The highest BCUT2D eigenvalue weighted by molar-refractivity contribution is 6.32. The largest absolute Gasteiger partial charge is 0.487 e. The van der Waals surface area contributed by atoms with Crippen molar-refractivity contribution in [1.29, 1.82) is 0 Å². The molecule has 0 bridgehead atoms. The molecule has 0 aliphatic heterocycles. The first-order valence-corrected chi connectivity index (χ1v) is 8.69. The van der Waals surface area contributed by atoms with Gasteiger partial charge in [0.2, 0.25) is 0 Å². The Morgan fingerprint density at radius 2 is 2.17 bits per heavy atom. The number of hydrogen-bond donors (Lipinski definition) is 1. The van der Waals surface area contributed by atoms with Crippen LogP contribution in [0.25, 0.3) is 0 Å². The Morgan fingerprint density at radius 3 is 2.71 bits per heavy atom. The van der Waals surface area contributed by atoms with Crippen LogP contribution < -0.4 is 10.1 Å². The molecule has 1 N–H and O–H groups in total. The number of nitrogens with one attached hydrogen (secondary N) is 1. The fourth-order valence-corrected chi connectivity index (χ4v) is 2.94. The van der Waals surface area contributed by atoms with Gasteiger partial charge in [-0.15, -0.1) is 0 Å². The van der Waals surface area contributed by atoms with Crippen LogP contribution in [0, 0.1) is 5.92 Å². The van der Waals surface area contributed by atoms with E-state index in [0.717, 1.165) is 12.8 Å². The summed E-state index contributed by atoms with van der Waals surface area (Å²) in [5, 5.41) is 3.35. The zero-order chi connectivity index (χ0) is 17.7. The van der Waals surface area contributed by atoms with Crippen molar-refractivity contribution in [2.75, 3.05) is 25.6 Å². The summed E-state index contributed by atoms with van der Waals surface area (Å²) in [5.41, 5.74) is -0.160. The average molecular weight is 356 g/mol. The van der Waals surface area contributed by atoms with Crippen molar-refractivity contribution >= 4 is 23.2 Å². The first-order chi connectivity index (χ1) is 11.4. The molecule has 0 aromatic heterocycles. The lowest BCUT2D eigenvalue weighted by Gasteiger charge is -2.28. The molecule has 6 heteroatoms. The van der Waals surface area contributed by atoms with Gasteiger partial charge in [0.15, 0.2) is 0 Å². The minimum absolute atomic E-state index is 0.107. The molecule has 2 atom stereocenters. The van der Waals surface area contributed by atoms with Crippen molar-refractivity contribution in [2.45, 2.75) is 45.3 Å². The molecular weight excluding hydrogens is 330 g/mol. The number of ether oxygens (including phenoxy) is 3. The molecule has 0 spiro atoms. The molecule has 1 aromatic rings. The van der Waals surface area contributed by atoms with Crippen molar-refractivity contribution in [3.05, 3.63) is 23.2 Å². The monoisotopic (exact) mass is 355 g/mol. The van der Waals surface area contributed by atoms with Crippen molar-refractivity contribution in [2.24, 2.45) is 5.92 Å². The molecule has 2 rings (SSSR count). The molecule has 0 saturated heterocycles. The Kier molecular flexibility index (Phi) is 6.49. The van der Waals surface area contributed by atoms with Crippen LogP contribution in [0.15, 0.2) is 18.2 Å². The van der Waals surface area contributed by atoms with Gasteiger partial charge in [-0.2, -0.15) is 0 Å². The van der Waals surface area contributed by atoms with Crippen LogP contribution in [-0.4, -0.2) is 37.9 Å². The average Bonchev–Trinajstić information content (AvgIpc) is 3.35. The van der Waals surface area contributed by atoms with Crippen LogP contribution in [0.4, 0.5) is 5.69 Å². The maximum atomic E-state index is 12.6. The number of halogens is 1. The van der Waals surface area contributed by atoms with Gasteiger partial charge in [-0.05, 0) is 57.7 Å². The standard InChI is InChI=1S/C18H26ClNO4/c1-5-23-18(3,13-6-7-13)17(21)20-14-8-9-16(15(19)10-14)24-12(2)11-22-4/h8-10,12-13H,5-7,11H2,1-4H3,(H,20,21)/t12-,18-/m0/s1. The molecule has 0 unspecified atom stereocenters. The van der Waals surface area contributed by atoms with Gasteiger partial charge >= 0.3 is 0 Å². The molecule has 1 aromatic carbocycles. The van der Waals surface area contributed by atoms with Gasteiger partial charge in [0.05, 0.1) is 11.6 Å². The molecule has 24 heavy (non-hydrogen) atoms. The van der Waals surface area contributed by atoms with Crippen LogP contribution in [-0.2, 0) is 14.3 Å². The summed E-state index contributed by atoms with van der Waals surface area (Å²) in [6.07, 6.45) is 1.94. The van der Waals surface area contributed by atoms with Gasteiger partial charge in [0.25, 0.3) is 5.91 Å². The molecule has 0 radical (unpaired) electrons. The van der Waals surface area contributed by atoms with Gasteiger partial charge in [-0.3, -0.25) is 4.79 Å². The van der Waals surface area contributed by atoms with Crippen molar-refractivity contribution < 1.29 is 19.0 Å². The molecule has 1 aliphatic carbocycles. The Hall–Kier alpha value is -1.30. The number of rotatable bonds is 9. The van der Waals surface area contributed by atoms with E-state index in [1.54, 1.807) is 25.3 Å². The summed E-state index contributed by atoms with van der Waals surface area (Å²) in [5.74, 6) is 0.712. The number of methoxy groups -OCH3 is 1. The molecule has 134 valence electrons. The third-order valence-electron chi connectivity index (χ3n) is 4.17. The lowest BCUT2D eigenvalue weighted by Crippen LogP contribution is -2.44. The highest BCUT2D eigenvalue weighted by Crippen LogP contribution is 2.42. The lowest BCUT2D eigenvalue weighted by molar-refractivity contribution is -0.141. The SMILES string of the molecule is CCO[C@](C)(C(=O)Nc1ccc(O[C@@H](C)COC)c(Cl)c1)C1CC1. The lowest BCUT2D eigenvalue weighted by atomic mass is 9.99. The quantitative estimate of drug-likeness (QED) is 0.730. The maximum Gasteiger partial charge on any atom is 0.256 e. The minimum Gasteiger partial charge on any atom is -0.487 e. The van der Waals surface area contributed by atoms with Crippen LogP contribution in [0.1, 0.15) is 33.6 Å². The molecule has 1 amide bonds. The normalized spacial score (nSPS) is 17.9. The van der Waals surface area contributed by atoms with Crippen LogP contribution >= 0.6 is 11.6 Å². The van der Waals surface area contributed by atoms with Gasteiger partial charge in [0, 0.05) is 19.4 Å². The van der Waals surface area contributed by atoms with E-state index < -0.39 is 5.60 Å². The summed E-state index contributed by atoms with van der Waals surface area (Å²) in [4.78, 5) is 12.6. The van der Waals surface area contributed by atoms with E-state index in [0.29, 0.717) is 29.7 Å². The van der Waals surface area contributed by atoms with Crippen molar-refractivity contribution in [3.63, 3.8) is 0 Å². The molecular formula is C18H26ClNO4. The van der Waals surface area contributed by atoms with Gasteiger partial charge in [-0.25, -0.2) is 0 Å². The fourth-order valence-electron chi connectivity index (χ4n) is 2.72. The number of carbonyl (C=O) groups is 1. The molecule has 0 heterocycles. The maximum absolute atomic E-state index is 12.6. The highest BCUT2D eigenvalue weighted by atomic mass is 35.5. The first kappa shape index (κ1) is 19.0. The number of anilines is 1. The summed E-state index contributed by atoms with van der Waals surface area (Å²) in [6, 6.07) is 5.21. The van der Waals surface area contributed by atoms with E-state index in [-0.39, 0.29) is 17.9 Å². The summed E-state index contributed by atoms with van der Waals surface area (Å²) in [7, 11) is 1.62. The first-order valence-electron chi connectivity index (χ1n) is 8.31. The van der Waals surface area contributed by atoms with E-state index in [1.807, 2.05) is 20.8 Å². The van der Waals surface area contributed by atoms with Crippen molar-refractivity contribution in [1.82, 2.24) is 0 Å². The van der Waals surface area contributed by atoms with E-state index in [4.69, 9.17) is 25.8 Å². The smallest absolute Gasteiger partial charge is 0.256 e. The number of amides is 1. The number of hydrogen-bond acceptors (Lipinski definition) is 4. The molecule has 5 nitrogen and oxygen atoms in total. The third-order valence-corrected chi connectivity index (χ3v) is 4.47. The Balaban J connectivity index is 2.04. The predicted octanol–water partition coefficient (Wildman–Crippen LogP) is 3.90. The summed E-state index contributed by atoms with van der Waals surface area (Å²) >= 11 is 6.26. The molecule has 1 aliphatic rings. The van der Waals surface area contributed by atoms with Gasteiger partial charge in [-0.1, -0.05) is 11.6 Å². The Morgan fingerprint density at radius 1 is 1.46 bits per heavy atom. The topological polar surface area (TPSA) is 56.8 Å². The van der Waals surface area contributed by atoms with Crippen LogP contribution in [0.3, 0.4) is 0 Å². The van der Waals surface area contributed by atoms with E-state index in [1.165, 1.54) is 0 Å². The van der Waals surface area contributed by atoms with Gasteiger partial charge in [0.1, 0.15) is 17.5 Å². The fraction of sp³-hybridized carbons (Fsp3) is 0.611. The molecule has 1 saturated carbocycles.